The lowest BCUT2D eigenvalue weighted by atomic mass is 10.0. The quantitative estimate of drug-likeness (QED) is 0.725. The number of hydrogen-bond acceptors (Lipinski definition) is 5. The largest absolute Gasteiger partial charge is 0.401 e. The minimum absolute atomic E-state index is 0.0571. The number of amides is 1. The minimum Gasteiger partial charge on any atom is -0.401 e. The molecule has 0 bridgehead atoms. The summed E-state index contributed by atoms with van der Waals surface area (Å²) in [5.41, 5.74) is 16.5. The van der Waals surface area contributed by atoms with Crippen LogP contribution in [0.25, 0.3) is 23.0 Å². The highest BCUT2D eigenvalue weighted by Crippen LogP contribution is 2.20. The summed E-state index contributed by atoms with van der Waals surface area (Å²) >= 11 is 0. The summed E-state index contributed by atoms with van der Waals surface area (Å²) in [6, 6.07) is 10.3. The summed E-state index contributed by atoms with van der Waals surface area (Å²) in [4.78, 5) is 22.7. The van der Waals surface area contributed by atoms with Crippen molar-refractivity contribution in [3.8, 4) is 11.3 Å². The van der Waals surface area contributed by atoms with Crippen LogP contribution in [-0.4, -0.2) is 53.9 Å². The van der Waals surface area contributed by atoms with Gasteiger partial charge in [0.2, 0.25) is 0 Å². The second-order valence-corrected chi connectivity index (χ2v) is 8.72. The first kappa shape index (κ1) is 22.2. The molecule has 6 nitrogen and oxygen atoms in total. The second-order valence-electron chi connectivity index (χ2n) is 8.72. The lowest BCUT2D eigenvalue weighted by molar-refractivity contribution is 0.0723. The molecule has 0 unspecified atom stereocenters. The van der Waals surface area contributed by atoms with Crippen molar-refractivity contribution in [2.75, 3.05) is 33.2 Å². The van der Waals surface area contributed by atoms with Crippen LogP contribution < -0.4 is 22.0 Å². The predicted molar refractivity (Wildman–Crippen MR) is 130 cm³/mol. The maximum Gasteiger partial charge on any atom is 0.254 e. The fraction of sp³-hybridized carbons (Fsp3) is 0.385. The molecule has 1 aliphatic heterocycles. The number of likely N-dealkylation sites (N-methyl/N-ethyl adjacent to an activating group) is 1. The van der Waals surface area contributed by atoms with Crippen molar-refractivity contribution in [1.82, 2.24) is 14.8 Å². The van der Waals surface area contributed by atoms with Crippen LogP contribution >= 0.6 is 0 Å². The third-order valence-electron chi connectivity index (χ3n) is 6.16. The van der Waals surface area contributed by atoms with Gasteiger partial charge in [0.05, 0.1) is 16.6 Å². The smallest absolute Gasteiger partial charge is 0.254 e. The number of benzene rings is 1. The Labute approximate surface area is 189 Å². The highest BCUT2D eigenvalue weighted by Gasteiger charge is 2.22. The molecule has 4 rings (SSSR count). The van der Waals surface area contributed by atoms with Gasteiger partial charge in [-0.3, -0.25) is 4.79 Å². The molecule has 6 heteroatoms. The van der Waals surface area contributed by atoms with Crippen molar-refractivity contribution >= 4 is 17.7 Å². The molecule has 2 aromatic rings. The lowest BCUT2D eigenvalue weighted by Gasteiger charge is -2.27. The molecule has 4 N–H and O–H groups in total. The van der Waals surface area contributed by atoms with Crippen molar-refractivity contribution in [1.29, 1.82) is 0 Å². The third-order valence-corrected chi connectivity index (χ3v) is 6.16. The molecule has 32 heavy (non-hydrogen) atoms. The summed E-state index contributed by atoms with van der Waals surface area (Å²) in [6.45, 7) is 3.88. The molecule has 0 saturated carbocycles. The van der Waals surface area contributed by atoms with Gasteiger partial charge in [-0.1, -0.05) is 30.4 Å². The van der Waals surface area contributed by atoms with Gasteiger partial charge in [-0.05, 0) is 50.1 Å². The fourth-order valence-corrected chi connectivity index (χ4v) is 4.50. The first-order valence-corrected chi connectivity index (χ1v) is 11.5. The average molecular weight is 432 g/mol. The van der Waals surface area contributed by atoms with E-state index in [-0.39, 0.29) is 5.91 Å². The van der Waals surface area contributed by atoms with Gasteiger partial charge in [0.15, 0.2) is 0 Å². The Morgan fingerprint density at radius 3 is 2.78 bits per heavy atom. The number of hydrogen-bond donors (Lipinski definition) is 2. The zero-order valence-electron chi connectivity index (χ0n) is 18.9. The molecular weight excluding hydrogens is 398 g/mol. The van der Waals surface area contributed by atoms with Gasteiger partial charge in [-0.15, -0.1) is 0 Å². The number of nitrogens with zero attached hydrogens (tertiary/aromatic N) is 3. The second kappa shape index (κ2) is 10.1. The van der Waals surface area contributed by atoms with Crippen molar-refractivity contribution in [2.24, 2.45) is 11.5 Å². The number of nitrogens with two attached hydrogens (primary N) is 2. The summed E-state index contributed by atoms with van der Waals surface area (Å²) in [7, 11) is 2.06. The highest BCUT2D eigenvalue weighted by atomic mass is 16.2. The van der Waals surface area contributed by atoms with Gasteiger partial charge in [0.1, 0.15) is 0 Å². The van der Waals surface area contributed by atoms with Gasteiger partial charge in [-0.25, -0.2) is 4.98 Å². The van der Waals surface area contributed by atoms with Crippen LogP contribution in [-0.2, 0) is 6.54 Å². The Bertz CT molecular complexity index is 1130. The highest BCUT2D eigenvalue weighted by molar-refractivity contribution is 5.96. The number of carbonyl (C=O) groups is 1. The normalized spacial score (nSPS) is 16.0. The van der Waals surface area contributed by atoms with E-state index in [0.717, 1.165) is 60.8 Å². The number of pyridine rings is 1. The summed E-state index contributed by atoms with van der Waals surface area (Å²) in [6.07, 6.45) is 9.86. The van der Waals surface area contributed by atoms with Crippen LogP contribution in [0.5, 0.6) is 0 Å². The van der Waals surface area contributed by atoms with Crippen molar-refractivity contribution in [3.63, 3.8) is 0 Å². The Kier molecular flexibility index (Phi) is 7.02. The molecular formula is C26H33N5O. The molecule has 0 atom stereocenters. The van der Waals surface area contributed by atoms with Gasteiger partial charge >= 0.3 is 0 Å². The van der Waals surface area contributed by atoms with Gasteiger partial charge in [-0.2, -0.15) is 0 Å². The van der Waals surface area contributed by atoms with Gasteiger partial charge < -0.3 is 21.3 Å². The van der Waals surface area contributed by atoms with E-state index in [0.29, 0.717) is 24.2 Å². The van der Waals surface area contributed by atoms with Crippen LogP contribution in [0.1, 0.15) is 41.6 Å². The van der Waals surface area contributed by atoms with Crippen LogP contribution in [0, 0.1) is 0 Å². The summed E-state index contributed by atoms with van der Waals surface area (Å²) in [5, 5.41) is 1.55. The van der Waals surface area contributed by atoms with Gasteiger partial charge in [0.25, 0.3) is 5.91 Å². The van der Waals surface area contributed by atoms with Crippen LogP contribution in [0.15, 0.2) is 42.5 Å². The van der Waals surface area contributed by atoms with E-state index in [2.05, 4.69) is 30.1 Å². The molecule has 168 valence electrons. The van der Waals surface area contributed by atoms with E-state index in [4.69, 9.17) is 16.5 Å². The number of fused-ring (bicyclic) bond motifs is 1. The number of rotatable bonds is 6. The number of piperidine rings is 1. The monoisotopic (exact) mass is 431 g/mol. The number of allylic oxidation sites excluding steroid dienone is 1. The first-order chi connectivity index (χ1) is 15.6. The number of carbonyl (C=O) groups excluding carboxylic acids is 1. The topological polar surface area (TPSA) is 88.5 Å². The van der Waals surface area contributed by atoms with E-state index in [1.165, 1.54) is 12.0 Å². The maximum absolute atomic E-state index is 13.6. The molecule has 1 aromatic heterocycles. The van der Waals surface area contributed by atoms with E-state index in [9.17, 15) is 4.79 Å². The van der Waals surface area contributed by atoms with Crippen molar-refractivity contribution < 1.29 is 4.79 Å². The Morgan fingerprint density at radius 1 is 1.19 bits per heavy atom. The first-order valence-electron chi connectivity index (χ1n) is 11.5. The minimum atomic E-state index is 0.0571. The maximum atomic E-state index is 13.6. The molecule has 1 saturated heterocycles. The molecule has 2 heterocycles. The molecule has 0 spiro atoms. The molecule has 1 fully saturated rings. The zero-order chi connectivity index (χ0) is 22.5. The SMILES string of the molecule is CN(CCN)Cc1cccc(-c2cc(C(=O)N3CCCCC3)c3c(n2)=CC=CCC=3N)c1. The summed E-state index contributed by atoms with van der Waals surface area (Å²) in [5.74, 6) is 0.0571. The van der Waals surface area contributed by atoms with Crippen LogP contribution in [0.4, 0.5) is 0 Å². The molecule has 1 aliphatic carbocycles. The van der Waals surface area contributed by atoms with Crippen LogP contribution in [0.2, 0.25) is 0 Å². The van der Waals surface area contributed by atoms with Crippen molar-refractivity contribution in [2.45, 2.75) is 32.2 Å². The third kappa shape index (κ3) is 4.92. The Balaban J connectivity index is 1.80. The standard InChI is InChI=1S/C26H33N5O/c1-30(15-12-27)18-19-8-7-9-20(16-19)24-17-21(26(32)31-13-5-2-6-14-31)25-22(28)10-3-4-11-23(25)29-24/h3-4,7-9,11,16-17H,2,5-6,10,12-15,18,27-28H2,1H3. The molecule has 1 amide bonds. The Morgan fingerprint density at radius 2 is 2.00 bits per heavy atom. The summed E-state index contributed by atoms with van der Waals surface area (Å²) < 4.78 is 0. The van der Waals surface area contributed by atoms with Gasteiger partial charge in [0, 0.05) is 55.6 Å². The lowest BCUT2D eigenvalue weighted by Crippen LogP contribution is -2.43. The average Bonchev–Trinajstić information content (AvgIpc) is 3.00. The van der Waals surface area contributed by atoms with E-state index >= 15 is 0 Å². The van der Waals surface area contributed by atoms with E-state index in [1.54, 1.807) is 0 Å². The predicted octanol–water partition coefficient (Wildman–Crippen LogP) is 1.57. The van der Waals surface area contributed by atoms with E-state index in [1.807, 2.05) is 35.3 Å². The van der Waals surface area contributed by atoms with Crippen molar-refractivity contribution in [3.05, 3.63) is 64.2 Å². The Hall–Kier alpha value is -2.96. The molecule has 0 radical (unpaired) electrons. The number of likely N-dealkylation sites (tertiary alicyclic amines) is 1. The fourth-order valence-electron chi connectivity index (χ4n) is 4.50. The molecule has 2 aliphatic rings. The van der Waals surface area contributed by atoms with E-state index < -0.39 is 0 Å². The number of aromatic nitrogens is 1. The zero-order valence-corrected chi connectivity index (χ0v) is 18.9. The van der Waals surface area contributed by atoms with Crippen LogP contribution in [0.3, 0.4) is 0 Å². The molecule has 1 aromatic carbocycles.